The van der Waals surface area contributed by atoms with E-state index in [1.807, 2.05) is 17.9 Å². The number of carboxylic acid groups (broad SMARTS) is 1. The molecule has 1 aliphatic carbocycles. The van der Waals surface area contributed by atoms with Crippen molar-refractivity contribution in [2.75, 3.05) is 26.3 Å². The van der Waals surface area contributed by atoms with Crippen molar-refractivity contribution in [1.29, 1.82) is 0 Å². The van der Waals surface area contributed by atoms with E-state index in [0.717, 1.165) is 58.0 Å². The Bertz CT molecular complexity index is 711. The maximum atomic E-state index is 10.6. The average Bonchev–Trinajstić information content (AvgIpc) is 3.44. The van der Waals surface area contributed by atoms with Crippen LogP contribution in [0.5, 0.6) is 0 Å². The normalized spacial score (nSPS) is 24.3. The summed E-state index contributed by atoms with van der Waals surface area (Å²) in [5.41, 5.74) is 1.39. The maximum Gasteiger partial charge on any atom is 0.490 e. The minimum atomic E-state index is -5.08. The van der Waals surface area contributed by atoms with E-state index in [1.54, 1.807) is 0 Å². The van der Waals surface area contributed by atoms with Crippen LogP contribution in [0.4, 0.5) is 13.2 Å². The summed E-state index contributed by atoms with van der Waals surface area (Å²) in [7, 11) is 1.98. The molecule has 1 unspecified atom stereocenters. The summed E-state index contributed by atoms with van der Waals surface area (Å²) in [5, 5.41) is 11.4. The first-order valence-electron chi connectivity index (χ1n) is 10.9. The molecule has 2 saturated heterocycles. The van der Waals surface area contributed by atoms with E-state index in [0.29, 0.717) is 6.10 Å². The van der Waals surface area contributed by atoms with Crippen LogP contribution in [0.15, 0.2) is 12.4 Å². The molecule has 0 amide bonds. The molecule has 1 spiro atoms. The van der Waals surface area contributed by atoms with Gasteiger partial charge in [-0.3, -0.25) is 9.58 Å². The second kappa shape index (κ2) is 10.3. The first-order chi connectivity index (χ1) is 14.7. The molecular formula is C21H32F3N3O4. The summed E-state index contributed by atoms with van der Waals surface area (Å²) in [6.07, 6.45) is 8.22. The predicted octanol–water partition coefficient (Wildman–Crippen LogP) is 3.38. The van der Waals surface area contributed by atoms with Crippen LogP contribution in [0.25, 0.3) is 0 Å². The van der Waals surface area contributed by atoms with Gasteiger partial charge < -0.3 is 14.6 Å². The highest BCUT2D eigenvalue weighted by molar-refractivity contribution is 5.73. The lowest BCUT2D eigenvalue weighted by Crippen LogP contribution is -2.43. The Kier molecular flexibility index (Phi) is 7.98. The van der Waals surface area contributed by atoms with Gasteiger partial charge in [0.05, 0.1) is 24.5 Å². The second-order valence-corrected chi connectivity index (χ2v) is 8.91. The first kappa shape index (κ1) is 24.0. The fourth-order valence-corrected chi connectivity index (χ4v) is 4.64. The number of nitrogens with zero attached hydrogens (tertiary/aromatic N) is 3. The first-order valence-corrected chi connectivity index (χ1v) is 10.9. The third-order valence-electron chi connectivity index (χ3n) is 6.39. The van der Waals surface area contributed by atoms with Crippen LogP contribution in [0, 0.1) is 5.92 Å². The minimum Gasteiger partial charge on any atom is -0.475 e. The van der Waals surface area contributed by atoms with E-state index in [9.17, 15) is 13.2 Å². The SMILES string of the molecule is Cn1cc(CN2CCC3(CC2)CC(OCC2CCCC2)CO3)cn1.O=C(O)C(F)(F)F. The number of rotatable bonds is 5. The topological polar surface area (TPSA) is 76.8 Å². The lowest BCUT2D eigenvalue weighted by Gasteiger charge is -2.38. The van der Waals surface area contributed by atoms with Crippen LogP contribution in [0.3, 0.4) is 0 Å². The fraction of sp³-hybridized carbons (Fsp3) is 0.810. The van der Waals surface area contributed by atoms with Crippen LogP contribution in [-0.4, -0.2) is 69.9 Å². The van der Waals surface area contributed by atoms with Crippen LogP contribution in [0.2, 0.25) is 0 Å². The van der Waals surface area contributed by atoms with Crippen molar-refractivity contribution in [2.45, 2.75) is 69.4 Å². The smallest absolute Gasteiger partial charge is 0.475 e. The zero-order valence-corrected chi connectivity index (χ0v) is 17.9. The molecule has 7 nitrogen and oxygen atoms in total. The minimum absolute atomic E-state index is 0.0891. The van der Waals surface area contributed by atoms with Gasteiger partial charge in [-0.15, -0.1) is 0 Å². The van der Waals surface area contributed by atoms with E-state index in [1.165, 1.54) is 31.2 Å². The van der Waals surface area contributed by atoms with E-state index in [-0.39, 0.29) is 5.60 Å². The molecule has 0 bridgehead atoms. The number of aliphatic carboxylic acids is 1. The van der Waals surface area contributed by atoms with Gasteiger partial charge in [0.25, 0.3) is 0 Å². The molecule has 3 heterocycles. The average molecular weight is 447 g/mol. The van der Waals surface area contributed by atoms with Crippen molar-refractivity contribution in [3.05, 3.63) is 18.0 Å². The molecule has 176 valence electrons. The molecule has 1 saturated carbocycles. The highest BCUT2D eigenvalue weighted by Crippen LogP contribution is 2.38. The van der Waals surface area contributed by atoms with Crippen LogP contribution in [0.1, 0.15) is 50.5 Å². The summed E-state index contributed by atoms with van der Waals surface area (Å²) in [4.78, 5) is 11.4. The number of carboxylic acids is 1. The number of hydrogen-bond donors (Lipinski definition) is 1. The van der Waals surface area contributed by atoms with Gasteiger partial charge in [0, 0.05) is 51.5 Å². The maximum absolute atomic E-state index is 10.6. The van der Waals surface area contributed by atoms with Crippen molar-refractivity contribution < 1.29 is 32.5 Å². The molecule has 4 rings (SSSR count). The number of piperidine rings is 1. The van der Waals surface area contributed by atoms with Gasteiger partial charge in [-0.1, -0.05) is 12.8 Å². The molecule has 2 aliphatic heterocycles. The Labute approximate surface area is 180 Å². The molecular weight excluding hydrogens is 415 g/mol. The van der Waals surface area contributed by atoms with Gasteiger partial charge in [-0.05, 0) is 31.6 Å². The molecule has 3 aliphatic rings. The van der Waals surface area contributed by atoms with Crippen molar-refractivity contribution in [1.82, 2.24) is 14.7 Å². The third-order valence-corrected chi connectivity index (χ3v) is 6.39. The van der Waals surface area contributed by atoms with Gasteiger partial charge in [0.15, 0.2) is 0 Å². The van der Waals surface area contributed by atoms with Gasteiger partial charge in [-0.25, -0.2) is 4.79 Å². The highest BCUT2D eigenvalue weighted by atomic mass is 19.4. The lowest BCUT2D eigenvalue weighted by atomic mass is 9.88. The van der Waals surface area contributed by atoms with Gasteiger partial charge >= 0.3 is 12.1 Å². The summed E-state index contributed by atoms with van der Waals surface area (Å²) < 4.78 is 46.1. The number of hydrogen-bond acceptors (Lipinski definition) is 5. The van der Waals surface area contributed by atoms with E-state index < -0.39 is 12.1 Å². The fourth-order valence-electron chi connectivity index (χ4n) is 4.64. The van der Waals surface area contributed by atoms with E-state index in [2.05, 4.69) is 16.2 Å². The Hall–Kier alpha value is -1.65. The Morgan fingerprint density at radius 1 is 1.32 bits per heavy atom. The second-order valence-electron chi connectivity index (χ2n) is 8.91. The summed E-state index contributed by atoms with van der Waals surface area (Å²) in [5.74, 6) is -1.95. The number of aryl methyl sites for hydroxylation is 1. The number of ether oxygens (including phenoxy) is 2. The molecule has 10 heteroatoms. The molecule has 0 radical (unpaired) electrons. The Morgan fingerprint density at radius 3 is 2.52 bits per heavy atom. The van der Waals surface area contributed by atoms with Gasteiger partial charge in [0.1, 0.15) is 0 Å². The van der Waals surface area contributed by atoms with Crippen molar-refractivity contribution in [3.63, 3.8) is 0 Å². The number of carbonyl (C=O) groups is 1. The summed E-state index contributed by atoms with van der Waals surface area (Å²) in [6, 6.07) is 0. The molecule has 31 heavy (non-hydrogen) atoms. The number of halogens is 3. The van der Waals surface area contributed by atoms with E-state index in [4.69, 9.17) is 19.4 Å². The van der Waals surface area contributed by atoms with Crippen molar-refractivity contribution in [2.24, 2.45) is 13.0 Å². The van der Waals surface area contributed by atoms with Crippen LogP contribution >= 0.6 is 0 Å². The quantitative estimate of drug-likeness (QED) is 0.746. The van der Waals surface area contributed by atoms with Gasteiger partial charge in [0.2, 0.25) is 0 Å². The number of aromatic nitrogens is 2. The lowest BCUT2D eigenvalue weighted by molar-refractivity contribution is -0.192. The monoisotopic (exact) mass is 447 g/mol. The molecule has 0 aromatic carbocycles. The standard InChI is InChI=1S/C19H31N3O2.C2HF3O2/c1-21-12-17(11-20-21)13-22-8-6-19(7-9-22)10-18(15-24-19)23-14-16-4-2-3-5-16;3-2(4,5)1(6)7/h11-12,16,18H,2-10,13-15H2,1H3;(H,6,7). The summed E-state index contributed by atoms with van der Waals surface area (Å²) >= 11 is 0. The molecule has 1 N–H and O–H groups in total. The molecule has 1 aromatic rings. The Balaban J connectivity index is 0.000000339. The third kappa shape index (κ3) is 7.18. The summed E-state index contributed by atoms with van der Waals surface area (Å²) in [6.45, 7) is 4.99. The molecule has 3 fully saturated rings. The largest absolute Gasteiger partial charge is 0.490 e. The van der Waals surface area contributed by atoms with Gasteiger partial charge in [-0.2, -0.15) is 18.3 Å². The van der Waals surface area contributed by atoms with Crippen LogP contribution in [-0.2, 0) is 27.9 Å². The zero-order valence-electron chi connectivity index (χ0n) is 17.9. The predicted molar refractivity (Wildman–Crippen MR) is 106 cm³/mol. The Morgan fingerprint density at radius 2 is 1.97 bits per heavy atom. The molecule has 1 atom stereocenters. The van der Waals surface area contributed by atoms with Crippen molar-refractivity contribution in [3.8, 4) is 0 Å². The zero-order chi connectivity index (χ0) is 22.5. The highest BCUT2D eigenvalue weighted by Gasteiger charge is 2.43. The molecule has 1 aromatic heterocycles. The van der Waals surface area contributed by atoms with Crippen LogP contribution < -0.4 is 0 Å². The van der Waals surface area contributed by atoms with Crippen molar-refractivity contribution >= 4 is 5.97 Å². The number of likely N-dealkylation sites (tertiary alicyclic amines) is 1. The number of alkyl halides is 3. The van der Waals surface area contributed by atoms with E-state index >= 15 is 0 Å².